The minimum absolute atomic E-state index is 0.639. The van der Waals surface area contributed by atoms with E-state index in [-0.39, 0.29) is 0 Å². The fourth-order valence-corrected chi connectivity index (χ4v) is 17.5. The third-order valence-corrected chi connectivity index (χ3v) is 28.8. The summed E-state index contributed by atoms with van der Waals surface area (Å²) in [6, 6.07) is 0.962. The Labute approximate surface area is 764 Å². The van der Waals surface area contributed by atoms with E-state index in [4.69, 9.17) is 0 Å². The van der Waals surface area contributed by atoms with Crippen molar-refractivity contribution in [2.45, 2.75) is 447 Å². The fourth-order valence-electron chi connectivity index (χ4n) is 16.6. The first-order valence-corrected chi connectivity index (χ1v) is 56.1. The van der Waals surface area contributed by atoms with Crippen LogP contribution < -0.4 is 0 Å². The van der Waals surface area contributed by atoms with Crippen molar-refractivity contribution in [1.29, 1.82) is 0 Å². The summed E-state index contributed by atoms with van der Waals surface area (Å²) in [7, 11) is 8.37. The summed E-state index contributed by atoms with van der Waals surface area (Å²) in [5.74, 6) is 17.7. The van der Waals surface area contributed by atoms with E-state index in [0.29, 0.717) is 12.5 Å². The predicted molar refractivity (Wildman–Crippen MR) is 545 cm³/mol. The Hall–Kier alpha value is -0.370. The Bertz CT molecular complexity index is 2310. The maximum Gasteiger partial charge on any atom is 0.211 e. The first kappa shape index (κ1) is 119. The van der Waals surface area contributed by atoms with E-state index in [2.05, 4.69) is 222 Å². The molecule has 0 aromatic heterocycles. The Morgan fingerprint density at radius 2 is 0.562 bits per heavy atom. The van der Waals surface area contributed by atoms with Gasteiger partial charge in [0.25, 0.3) is 0 Å². The van der Waals surface area contributed by atoms with Gasteiger partial charge in [-0.25, -0.2) is 12.7 Å². The van der Waals surface area contributed by atoms with Gasteiger partial charge in [0, 0.05) is 58.4 Å². The Kier molecular flexibility index (Phi) is 71.8. The first-order valence-electron chi connectivity index (χ1n) is 54.2. The molecular formula is C110H228N8O2S. The Balaban J connectivity index is 0.000000682. The van der Waals surface area contributed by atoms with Crippen molar-refractivity contribution in [2.24, 2.45) is 112 Å². The number of hydrogen-bond donors (Lipinski definition) is 0. The Morgan fingerprint density at radius 3 is 0.868 bits per heavy atom. The van der Waals surface area contributed by atoms with E-state index >= 15 is 0 Å². The first-order chi connectivity index (χ1) is 57.4. The second kappa shape index (κ2) is 73.2. The molecule has 0 N–H and O–H groups in total. The Morgan fingerprint density at radius 1 is 0.264 bits per heavy atom. The molecule has 11 heteroatoms. The quantitative estimate of drug-likeness (QED) is 0.0554. The van der Waals surface area contributed by atoms with E-state index in [9.17, 15) is 8.42 Å². The lowest BCUT2D eigenvalue weighted by molar-refractivity contribution is 0.268. The van der Waals surface area contributed by atoms with Crippen molar-refractivity contribution in [3.63, 3.8) is 0 Å². The summed E-state index contributed by atoms with van der Waals surface area (Å²) >= 11 is 0. The zero-order valence-corrected chi connectivity index (χ0v) is 89.0. The molecule has 0 bridgehead atoms. The second-order valence-electron chi connectivity index (χ2n) is 46.2. The van der Waals surface area contributed by atoms with Gasteiger partial charge in [-0.1, -0.05) is 274 Å². The average Bonchev–Trinajstić information content (AvgIpc) is 1.87. The van der Waals surface area contributed by atoms with Gasteiger partial charge in [0.2, 0.25) is 10.0 Å². The monoisotopic (exact) mass is 1730 g/mol. The summed E-state index contributed by atoms with van der Waals surface area (Å²) in [6.07, 6.45) is 64.9. The third kappa shape index (κ3) is 84.9. The van der Waals surface area contributed by atoms with E-state index < -0.39 is 10.0 Å². The molecule has 0 amide bonds. The van der Waals surface area contributed by atoms with Crippen LogP contribution in [0.1, 0.15) is 441 Å². The molecule has 0 aromatic carbocycles. The van der Waals surface area contributed by atoms with Gasteiger partial charge >= 0.3 is 0 Å². The fraction of sp³-hybridized carbons (Fsp3) is 1.00. The highest BCUT2D eigenvalue weighted by atomic mass is 32.2. The molecule has 0 heterocycles. The highest BCUT2D eigenvalue weighted by Crippen LogP contribution is 2.37. The maximum absolute atomic E-state index is 11.5. The SMILES string of the molecule is CC(C)C(C)CCCN(C)CC1CC1.CC(C)CCCCCCC1CC1.CC(C)CCCCN(C)CC1CC1.CC(C)CCCCN(C)CC1CC1.CC(C)CCCCN(CC1CC1)S(C)(=O)=O.CC(C)CCN(C)CC1CC1.CCC(CCCN(C)CC1CC1)C(C)C.CCN(CCCCC(C)C)C1CC1.CCN(CCCCC(C)C)CC1CC1. The molecule has 9 rings (SSSR count). The van der Waals surface area contributed by atoms with Crippen LogP contribution >= 0.6 is 0 Å². The molecule has 0 saturated heterocycles. The second-order valence-corrected chi connectivity index (χ2v) is 48.1. The molecule has 9 aliphatic carbocycles. The van der Waals surface area contributed by atoms with Crippen LogP contribution in [-0.4, -0.2) is 206 Å². The molecule has 2 unspecified atom stereocenters. The molecule has 0 aromatic rings. The molecule has 0 spiro atoms. The molecule has 9 fully saturated rings. The van der Waals surface area contributed by atoms with Gasteiger partial charge in [0.1, 0.15) is 0 Å². The van der Waals surface area contributed by atoms with Crippen molar-refractivity contribution < 1.29 is 8.42 Å². The highest BCUT2D eigenvalue weighted by Gasteiger charge is 2.31. The van der Waals surface area contributed by atoms with Gasteiger partial charge in [-0.15, -0.1) is 0 Å². The number of hydrogen-bond acceptors (Lipinski definition) is 9. The molecule has 0 radical (unpaired) electrons. The van der Waals surface area contributed by atoms with E-state index in [0.717, 1.165) is 132 Å². The average molecular weight is 1730 g/mol. The van der Waals surface area contributed by atoms with Crippen molar-refractivity contribution in [3.8, 4) is 0 Å². The zero-order chi connectivity index (χ0) is 90.5. The molecule has 2 atom stereocenters. The van der Waals surface area contributed by atoms with Gasteiger partial charge in [0.05, 0.1) is 6.26 Å². The van der Waals surface area contributed by atoms with Crippen molar-refractivity contribution in [1.82, 2.24) is 38.6 Å². The van der Waals surface area contributed by atoms with Gasteiger partial charge in [-0.05, 0) is 374 Å². The van der Waals surface area contributed by atoms with Gasteiger partial charge in [0.15, 0.2) is 0 Å². The van der Waals surface area contributed by atoms with Crippen LogP contribution in [0, 0.1) is 112 Å². The van der Waals surface area contributed by atoms with Crippen LogP contribution in [0.15, 0.2) is 0 Å². The van der Waals surface area contributed by atoms with Crippen LogP contribution in [0.3, 0.4) is 0 Å². The molecule has 121 heavy (non-hydrogen) atoms. The normalized spacial score (nSPS) is 17.8. The molecule has 0 aliphatic heterocycles. The zero-order valence-electron chi connectivity index (χ0n) is 88.2. The third-order valence-electron chi connectivity index (χ3n) is 27.5. The smallest absolute Gasteiger partial charge is 0.211 e. The number of unbranched alkanes of at least 4 members (excludes halogenated alkanes) is 8. The van der Waals surface area contributed by atoms with Gasteiger partial charge in [-0.2, -0.15) is 0 Å². The minimum Gasteiger partial charge on any atom is -0.306 e. The van der Waals surface area contributed by atoms with Crippen LogP contribution in [-0.2, 0) is 10.0 Å². The van der Waals surface area contributed by atoms with E-state index in [1.165, 1.54) is 381 Å². The molecule has 9 saturated carbocycles. The van der Waals surface area contributed by atoms with Crippen molar-refractivity contribution in [2.75, 3.05) is 153 Å². The van der Waals surface area contributed by atoms with Crippen LogP contribution in [0.5, 0.6) is 0 Å². The van der Waals surface area contributed by atoms with Crippen molar-refractivity contribution in [3.05, 3.63) is 0 Å². The largest absolute Gasteiger partial charge is 0.306 e. The summed E-state index contributed by atoms with van der Waals surface area (Å²) in [5, 5.41) is 0. The number of sulfonamides is 1. The maximum atomic E-state index is 11.5. The number of nitrogens with zero attached hydrogens (tertiary/aromatic N) is 8. The molecule has 10 nitrogen and oxygen atoms in total. The standard InChI is InChI=1S/C14H29N.2C13H27N.C12H25NO2S.3C12H25N.C12H24.C10H21N/c1-5-14(12(2)3)7-6-10-15(4)11-13-8-9-13;1-11(2)12(3)6-5-9-14(4)10-13-7-8-13;1-4-14(11-13-8-9-13)10-6-5-7-12(2)3;1-11(2)6-4-5-9-13(16(3,14)15)10-12-7-8-12;2*1-11(2)6-4-5-9-13(3)10-12-7-8-12;1-4-13(12-8-9-12)10-6-5-7-11(2)3;1-11(2)7-5-3-4-6-8-12-9-10-12;1-9(2)6-7-11(3)8-10-4-5-10/h12-14H,5-11H2,1-4H3;11-13H,5-10H2,1-4H3;12-13H,4-11H2,1-3H3;11-12H,4-10H2,1-3H3;3*11-12H,4-10H2,1-3H3;11-12H,3-10H2,1-2H3;9-10H,4-8H2,1-3H3. The predicted octanol–water partition coefficient (Wildman–Crippen LogP) is 29.6. The molecular weight excluding hydrogens is 1500 g/mol. The lowest BCUT2D eigenvalue weighted by Crippen LogP contribution is -2.32. The minimum atomic E-state index is -2.99. The van der Waals surface area contributed by atoms with Gasteiger partial charge < -0.3 is 34.3 Å². The van der Waals surface area contributed by atoms with E-state index in [1.54, 1.807) is 4.31 Å². The van der Waals surface area contributed by atoms with Crippen LogP contribution in [0.2, 0.25) is 0 Å². The number of rotatable bonds is 64. The highest BCUT2D eigenvalue weighted by molar-refractivity contribution is 7.88. The lowest BCUT2D eigenvalue weighted by Gasteiger charge is -2.21. The topological polar surface area (TPSA) is 60.1 Å². The summed E-state index contributed by atoms with van der Waals surface area (Å²) in [5.41, 5.74) is 0. The van der Waals surface area contributed by atoms with E-state index in [1.807, 2.05) is 0 Å². The van der Waals surface area contributed by atoms with Gasteiger partial charge in [-0.3, -0.25) is 0 Å². The summed E-state index contributed by atoms with van der Waals surface area (Å²) < 4.78 is 24.8. The lowest BCUT2D eigenvalue weighted by atomic mass is 9.89. The summed E-state index contributed by atoms with van der Waals surface area (Å²) in [4.78, 5) is 17.8. The van der Waals surface area contributed by atoms with Crippen molar-refractivity contribution >= 4 is 10.0 Å². The molecule has 726 valence electrons. The molecule has 9 aliphatic rings. The van der Waals surface area contributed by atoms with Crippen LogP contribution in [0.4, 0.5) is 0 Å². The summed E-state index contributed by atoms with van der Waals surface area (Å²) in [6.45, 7) is 72.1. The van der Waals surface area contributed by atoms with Crippen LogP contribution in [0.25, 0.3) is 0 Å².